The highest BCUT2D eigenvalue weighted by Crippen LogP contribution is 2.19. The molecule has 21 heavy (non-hydrogen) atoms. The SMILES string of the molecule is CC1CCN(C(C)C(=O)Nc2cccc(C(N)=S)c2)CC1. The van der Waals surface area contributed by atoms with Crippen LogP contribution in [0.1, 0.15) is 32.3 Å². The molecule has 0 radical (unpaired) electrons. The minimum atomic E-state index is -0.119. The highest BCUT2D eigenvalue weighted by atomic mass is 32.1. The minimum absolute atomic E-state index is 0.0182. The molecular weight excluding hydrogens is 282 g/mol. The number of nitrogens with zero attached hydrogens (tertiary/aromatic N) is 1. The lowest BCUT2D eigenvalue weighted by Gasteiger charge is -2.34. The molecule has 0 saturated carbocycles. The van der Waals surface area contributed by atoms with E-state index in [4.69, 9.17) is 18.0 Å². The molecule has 1 aromatic rings. The normalized spacial score (nSPS) is 18.2. The van der Waals surface area contributed by atoms with Gasteiger partial charge < -0.3 is 11.1 Å². The van der Waals surface area contributed by atoms with Crippen LogP contribution in [0.3, 0.4) is 0 Å². The molecule has 3 N–H and O–H groups in total. The maximum atomic E-state index is 12.4. The van der Waals surface area contributed by atoms with Gasteiger partial charge in [0.2, 0.25) is 5.91 Å². The number of likely N-dealkylation sites (tertiary alicyclic amines) is 1. The van der Waals surface area contributed by atoms with Gasteiger partial charge in [-0.05, 0) is 50.9 Å². The molecule has 0 spiro atoms. The van der Waals surface area contributed by atoms with Crippen LogP contribution in [0.4, 0.5) is 5.69 Å². The highest BCUT2D eigenvalue weighted by molar-refractivity contribution is 7.80. The van der Waals surface area contributed by atoms with Crippen molar-refractivity contribution in [2.45, 2.75) is 32.7 Å². The van der Waals surface area contributed by atoms with E-state index in [0.29, 0.717) is 4.99 Å². The molecule has 1 saturated heterocycles. The molecular formula is C16H23N3OS. The van der Waals surface area contributed by atoms with Crippen molar-refractivity contribution in [1.29, 1.82) is 0 Å². The first-order valence-corrected chi connectivity index (χ1v) is 7.83. The van der Waals surface area contributed by atoms with E-state index in [1.807, 2.05) is 31.2 Å². The molecule has 114 valence electrons. The molecule has 1 heterocycles. The third kappa shape index (κ3) is 4.25. The fourth-order valence-electron chi connectivity index (χ4n) is 2.58. The van der Waals surface area contributed by atoms with E-state index in [9.17, 15) is 4.79 Å². The van der Waals surface area contributed by atoms with Gasteiger partial charge in [-0.15, -0.1) is 0 Å². The summed E-state index contributed by atoms with van der Waals surface area (Å²) in [7, 11) is 0. The van der Waals surface area contributed by atoms with Crippen molar-refractivity contribution in [2.24, 2.45) is 11.7 Å². The summed E-state index contributed by atoms with van der Waals surface area (Å²) in [6, 6.07) is 7.23. The average molecular weight is 305 g/mol. The van der Waals surface area contributed by atoms with Crippen LogP contribution in [-0.2, 0) is 4.79 Å². The maximum absolute atomic E-state index is 12.4. The van der Waals surface area contributed by atoms with Gasteiger partial charge in [-0.25, -0.2) is 0 Å². The summed E-state index contributed by atoms with van der Waals surface area (Å²) in [6.07, 6.45) is 2.32. The Balaban J connectivity index is 1.97. The van der Waals surface area contributed by atoms with Crippen molar-refractivity contribution in [3.63, 3.8) is 0 Å². The quantitative estimate of drug-likeness (QED) is 0.839. The molecule has 2 rings (SSSR count). The van der Waals surface area contributed by atoms with Gasteiger partial charge in [0.1, 0.15) is 4.99 Å². The number of piperidine rings is 1. The van der Waals surface area contributed by atoms with Crippen LogP contribution >= 0.6 is 12.2 Å². The van der Waals surface area contributed by atoms with Gasteiger partial charge in [-0.2, -0.15) is 0 Å². The zero-order valence-corrected chi connectivity index (χ0v) is 13.5. The number of hydrogen-bond donors (Lipinski definition) is 2. The number of nitrogens with one attached hydrogen (secondary N) is 1. The minimum Gasteiger partial charge on any atom is -0.389 e. The van der Waals surface area contributed by atoms with E-state index in [1.54, 1.807) is 0 Å². The number of thiocarbonyl (C=S) groups is 1. The Kier molecular flexibility index (Phi) is 5.31. The average Bonchev–Trinajstić information content (AvgIpc) is 2.47. The monoisotopic (exact) mass is 305 g/mol. The zero-order valence-electron chi connectivity index (χ0n) is 12.6. The Morgan fingerprint density at radius 3 is 2.71 bits per heavy atom. The maximum Gasteiger partial charge on any atom is 0.241 e. The van der Waals surface area contributed by atoms with Crippen LogP contribution < -0.4 is 11.1 Å². The molecule has 0 aliphatic carbocycles. The van der Waals surface area contributed by atoms with Crippen molar-refractivity contribution >= 4 is 28.8 Å². The number of rotatable bonds is 4. The van der Waals surface area contributed by atoms with Gasteiger partial charge in [0, 0.05) is 11.3 Å². The molecule has 5 heteroatoms. The number of benzene rings is 1. The molecule has 1 aliphatic heterocycles. The lowest BCUT2D eigenvalue weighted by atomic mass is 9.98. The second-order valence-electron chi connectivity index (χ2n) is 5.83. The molecule has 1 aromatic carbocycles. The first-order valence-electron chi connectivity index (χ1n) is 7.42. The van der Waals surface area contributed by atoms with E-state index < -0.39 is 0 Å². The summed E-state index contributed by atoms with van der Waals surface area (Å²) < 4.78 is 0. The lowest BCUT2D eigenvalue weighted by Crippen LogP contribution is -2.45. The van der Waals surface area contributed by atoms with Gasteiger partial charge in [-0.3, -0.25) is 9.69 Å². The molecule has 0 bridgehead atoms. The number of nitrogens with two attached hydrogens (primary N) is 1. The van der Waals surface area contributed by atoms with E-state index >= 15 is 0 Å². The summed E-state index contributed by atoms with van der Waals surface area (Å²) in [5, 5.41) is 2.95. The van der Waals surface area contributed by atoms with Crippen molar-refractivity contribution in [1.82, 2.24) is 4.90 Å². The number of anilines is 1. The predicted octanol–water partition coefficient (Wildman–Crippen LogP) is 2.38. The van der Waals surface area contributed by atoms with Gasteiger partial charge in [0.15, 0.2) is 0 Å². The Morgan fingerprint density at radius 1 is 1.43 bits per heavy atom. The van der Waals surface area contributed by atoms with Crippen LogP contribution in [0.25, 0.3) is 0 Å². The summed E-state index contributed by atoms with van der Waals surface area (Å²) in [5.41, 5.74) is 7.12. The van der Waals surface area contributed by atoms with Crippen molar-refractivity contribution in [3.05, 3.63) is 29.8 Å². The Hall–Kier alpha value is -1.46. The van der Waals surface area contributed by atoms with Gasteiger partial charge in [-0.1, -0.05) is 31.3 Å². The third-order valence-corrected chi connectivity index (χ3v) is 4.40. The molecule has 1 aliphatic rings. The smallest absolute Gasteiger partial charge is 0.241 e. The number of carbonyl (C=O) groups excluding carboxylic acids is 1. The largest absolute Gasteiger partial charge is 0.389 e. The molecule has 1 fully saturated rings. The number of amides is 1. The summed E-state index contributed by atoms with van der Waals surface area (Å²) in [6.45, 7) is 6.21. The highest BCUT2D eigenvalue weighted by Gasteiger charge is 2.25. The lowest BCUT2D eigenvalue weighted by molar-refractivity contribution is -0.121. The first-order chi connectivity index (χ1) is 9.97. The third-order valence-electron chi connectivity index (χ3n) is 4.16. The standard InChI is InChI=1S/C16H23N3OS/c1-11-6-8-19(9-7-11)12(2)16(20)18-14-5-3-4-13(10-14)15(17)21/h3-5,10-12H,6-9H2,1-2H3,(H2,17,21)(H,18,20). The van der Waals surface area contributed by atoms with Crippen LogP contribution in [0.5, 0.6) is 0 Å². The summed E-state index contributed by atoms with van der Waals surface area (Å²) >= 11 is 4.96. The molecule has 0 aromatic heterocycles. The van der Waals surface area contributed by atoms with Crippen molar-refractivity contribution in [2.75, 3.05) is 18.4 Å². The van der Waals surface area contributed by atoms with Crippen molar-refractivity contribution in [3.8, 4) is 0 Å². The fraction of sp³-hybridized carbons (Fsp3) is 0.500. The Morgan fingerprint density at radius 2 is 2.10 bits per heavy atom. The van der Waals surface area contributed by atoms with Gasteiger partial charge in [0.25, 0.3) is 0 Å². The van der Waals surface area contributed by atoms with Crippen LogP contribution in [0, 0.1) is 5.92 Å². The van der Waals surface area contributed by atoms with Gasteiger partial charge in [0.05, 0.1) is 6.04 Å². The predicted molar refractivity (Wildman–Crippen MR) is 90.4 cm³/mol. The van der Waals surface area contributed by atoms with Crippen molar-refractivity contribution < 1.29 is 4.79 Å². The topological polar surface area (TPSA) is 58.4 Å². The van der Waals surface area contributed by atoms with E-state index in [2.05, 4.69) is 17.1 Å². The van der Waals surface area contributed by atoms with Crippen LogP contribution in [-0.4, -0.2) is 34.9 Å². The first kappa shape index (κ1) is 15.9. The molecule has 4 nitrogen and oxygen atoms in total. The Labute approximate surface area is 131 Å². The van der Waals surface area contributed by atoms with E-state index in [0.717, 1.165) is 43.1 Å². The van der Waals surface area contributed by atoms with E-state index in [1.165, 1.54) is 0 Å². The summed E-state index contributed by atoms with van der Waals surface area (Å²) in [4.78, 5) is 14.9. The fourth-order valence-corrected chi connectivity index (χ4v) is 2.71. The summed E-state index contributed by atoms with van der Waals surface area (Å²) in [5.74, 6) is 0.781. The van der Waals surface area contributed by atoms with Crippen LogP contribution in [0.2, 0.25) is 0 Å². The number of carbonyl (C=O) groups is 1. The zero-order chi connectivity index (χ0) is 15.4. The second kappa shape index (κ2) is 7.00. The van der Waals surface area contributed by atoms with E-state index in [-0.39, 0.29) is 11.9 Å². The van der Waals surface area contributed by atoms with Crippen LogP contribution in [0.15, 0.2) is 24.3 Å². The molecule has 1 amide bonds. The Bertz CT molecular complexity index is 524. The second-order valence-corrected chi connectivity index (χ2v) is 6.27. The molecule has 1 unspecified atom stereocenters. The molecule has 1 atom stereocenters. The van der Waals surface area contributed by atoms with Gasteiger partial charge >= 0.3 is 0 Å². The number of hydrogen-bond acceptors (Lipinski definition) is 3.